The molecule has 4 rings (SSSR count). The number of nitrogens with one attached hydrogen (secondary N) is 2. The van der Waals surface area contributed by atoms with Gasteiger partial charge in [0.25, 0.3) is 0 Å². The van der Waals surface area contributed by atoms with Gasteiger partial charge in [-0.2, -0.15) is 0 Å². The van der Waals surface area contributed by atoms with Gasteiger partial charge in [-0.05, 0) is 79.5 Å². The Bertz CT molecular complexity index is 1080. The highest BCUT2D eigenvalue weighted by Gasteiger charge is 2.25. The molecule has 1 aliphatic heterocycles. The molecular formula is C28H33N3O. The van der Waals surface area contributed by atoms with E-state index in [2.05, 4.69) is 86.0 Å². The zero-order chi connectivity index (χ0) is 22.7. The number of anilines is 1. The molecular weight excluding hydrogens is 394 g/mol. The molecule has 0 fully saturated rings. The summed E-state index contributed by atoms with van der Waals surface area (Å²) in [7, 11) is 0. The standard InChI is InChI=1S/C28H33N3O/c1-18-13-19(2)24(20(3)14-18)17-25(29)28(32)31-26-11-12-30-27-16-22(9-10-23(26)27)15-21-7-5-4-6-8-21/h4-10,13-14,16,25-26,30H,11-12,15,17,29H2,1-3H3,(H,31,32). The second-order valence-electron chi connectivity index (χ2n) is 9.05. The molecule has 3 aromatic rings. The molecule has 0 spiro atoms. The molecule has 1 heterocycles. The first-order chi connectivity index (χ1) is 15.4. The van der Waals surface area contributed by atoms with Gasteiger partial charge in [-0.3, -0.25) is 4.79 Å². The molecule has 4 heteroatoms. The smallest absolute Gasteiger partial charge is 0.237 e. The minimum absolute atomic E-state index is 0.0178. The van der Waals surface area contributed by atoms with Crippen molar-refractivity contribution in [1.82, 2.24) is 5.32 Å². The molecule has 4 N–H and O–H groups in total. The highest BCUT2D eigenvalue weighted by molar-refractivity contribution is 5.82. The number of fused-ring (bicyclic) bond motifs is 1. The molecule has 0 aliphatic carbocycles. The average molecular weight is 428 g/mol. The molecule has 4 nitrogen and oxygen atoms in total. The van der Waals surface area contributed by atoms with Crippen LogP contribution < -0.4 is 16.4 Å². The van der Waals surface area contributed by atoms with E-state index >= 15 is 0 Å². The van der Waals surface area contributed by atoms with Crippen LogP contribution in [-0.4, -0.2) is 18.5 Å². The Morgan fingerprint density at radius 3 is 2.47 bits per heavy atom. The summed E-state index contributed by atoms with van der Waals surface area (Å²) in [6.07, 6.45) is 2.30. The lowest BCUT2D eigenvalue weighted by molar-refractivity contribution is -0.123. The van der Waals surface area contributed by atoms with Gasteiger partial charge in [0.1, 0.15) is 0 Å². The minimum atomic E-state index is -0.564. The summed E-state index contributed by atoms with van der Waals surface area (Å²) < 4.78 is 0. The van der Waals surface area contributed by atoms with E-state index in [0.717, 1.165) is 30.6 Å². The van der Waals surface area contributed by atoms with Crippen LogP contribution in [0.3, 0.4) is 0 Å². The van der Waals surface area contributed by atoms with Gasteiger partial charge >= 0.3 is 0 Å². The molecule has 2 atom stereocenters. The van der Waals surface area contributed by atoms with E-state index < -0.39 is 6.04 Å². The van der Waals surface area contributed by atoms with Gasteiger partial charge in [0, 0.05) is 12.2 Å². The zero-order valence-electron chi connectivity index (χ0n) is 19.2. The quantitative estimate of drug-likeness (QED) is 0.532. The molecule has 1 aliphatic rings. The lowest BCUT2D eigenvalue weighted by Gasteiger charge is -2.29. The third-order valence-electron chi connectivity index (χ3n) is 6.41. The molecule has 0 saturated carbocycles. The summed E-state index contributed by atoms with van der Waals surface area (Å²) in [5, 5.41) is 6.71. The van der Waals surface area contributed by atoms with E-state index in [9.17, 15) is 4.79 Å². The van der Waals surface area contributed by atoms with Crippen molar-refractivity contribution >= 4 is 11.6 Å². The number of rotatable bonds is 6. The third-order valence-corrected chi connectivity index (χ3v) is 6.41. The number of amides is 1. The van der Waals surface area contributed by atoms with Gasteiger partial charge in [0.15, 0.2) is 0 Å². The van der Waals surface area contributed by atoms with Crippen LogP contribution in [0.5, 0.6) is 0 Å². The topological polar surface area (TPSA) is 67.2 Å². The van der Waals surface area contributed by atoms with Gasteiger partial charge in [0.2, 0.25) is 5.91 Å². The van der Waals surface area contributed by atoms with Gasteiger partial charge in [-0.15, -0.1) is 0 Å². The van der Waals surface area contributed by atoms with Crippen molar-refractivity contribution < 1.29 is 4.79 Å². The number of carbonyl (C=O) groups is 1. The van der Waals surface area contributed by atoms with E-state index in [4.69, 9.17) is 5.73 Å². The van der Waals surface area contributed by atoms with Crippen molar-refractivity contribution in [3.05, 3.63) is 99.6 Å². The maximum Gasteiger partial charge on any atom is 0.237 e. The van der Waals surface area contributed by atoms with Gasteiger partial charge in [0.05, 0.1) is 12.1 Å². The zero-order valence-corrected chi connectivity index (χ0v) is 19.2. The highest BCUT2D eigenvalue weighted by Crippen LogP contribution is 2.31. The Hall–Kier alpha value is -3.11. The fourth-order valence-corrected chi connectivity index (χ4v) is 4.78. The van der Waals surface area contributed by atoms with E-state index in [0.29, 0.717) is 6.42 Å². The van der Waals surface area contributed by atoms with E-state index in [1.54, 1.807) is 0 Å². The van der Waals surface area contributed by atoms with Crippen LogP contribution in [0.1, 0.15) is 51.4 Å². The average Bonchev–Trinajstić information content (AvgIpc) is 2.76. The lowest BCUT2D eigenvalue weighted by Crippen LogP contribution is -2.44. The molecule has 2 unspecified atom stereocenters. The van der Waals surface area contributed by atoms with Gasteiger partial charge in [-0.1, -0.05) is 60.2 Å². The normalized spacial score (nSPS) is 16.1. The van der Waals surface area contributed by atoms with Crippen LogP contribution in [0.25, 0.3) is 0 Å². The van der Waals surface area contributed by atoms with Gasteiger partial charge < -0.3 is 16.4 Å². The molecule has 166 valence electrons. The van der Waals surface area contributed by atoms with Crippen molar-refractivity contribution in [2.75, 3.05) is 11.9 Å². The predicted molar refractivity (Wildman–Crippen MR) is 132 cm³/mol. The maximum absolute atomic E-state index is 13.0. The minimum Gasteiger partial charge on any atom is -0.385 e. The van der Waals surface area contributed by atoms with Crippen molar-refractivity contribution in [3.8, 4) is 0 Å². The highest BCUT2D eigenvalue weighted by atomic mass is 16.2. The number of nitrogens with two attached hydrogens (primary N) is 1. The van der Waals surface area contributed by atoms with Crippen molar-refractivity contribution in [2.45, 2.75) is 52.1 Å². The van der Waals surface area contributed by atoms with Gasteiger partial charge in [-0.25, -0.2) is 0 Å². The first-order valence-corrected chi connectivity index (χ1v) is 11.4. The maximum atomic E-state index is 13.0. The van der Waals surface area contributed by atoms with Crippen LogP contribution in [0.2, 0.25) is 0 Å². The fourth-order valence-electron chi connectivity index (χ4n) is 4.78. The largest absolute Gasteiger partial charge is 0.385 e. The molecule has 0 radical (unpaired) electrons. The monoisotopic (exact) mass is 427 g/mol. The first-order valence-electron chi connectivity index (χ1n) is 11.4. The predicted octanol–water partition coefficient (Wildman–Crippen LogP) is 4.75. The SMILES string of the molecule is Cc1cc(C)c(CC(N)C(=O)NC2CCNc3cc(Cc4ccccc4)ccc32)c(C)c1. The van der Waals surface area contributed by atoms with E-state index in [-0.39, 0.29) is 11.9 Å². The number of aryl methyl sites for hydroxylation is 3. The summed E-state index contributed by atoms with van der Waals surface area (Å²) in [5.41, 5.74) is 15.9. The van der Waals surface area contributed by atoms with Crippen LogP contribution in [-0.2, 0) is 17.6 Å². The second kappa shape index (κ2) is 9.58. The lowest BCUT2D eigenvalue weighted by atomic mass is 9.92. The second-order valence-corrected chi connectivity index (χ2v) is 9.05. The van der Waals surface area contributed by atoms with Crippen LogP contribution in [0.15, 0.2) is 60.7 Å². The molecule has 0 bridgehead atoms. The number of hydrogen-bond donors (Lipinski definition) is 3. The third kappa shape index (κ3) is 5.03. The van der Waals surface area contributed by atoms with Crippen molar-refractivity contribution in [2.24, 2.45) is 5.73 Å². The fraction of sp³-hybridized carbons (Fsp3) is 0.321. The van der Waals surface area contributed by atoms with Crippen molar-refractivity contribution in [1.29, 1.82) is 0 Å². The van der Waals surface area contributed by atoms with E-state index in [1.807, 2.05) is 6.07 Å². The molecule has 1 amide bonds. The Labute approximate surface area is 191 Å². The molecule has 0 aromatic heterocycles. The Morgan fingerprint density at radius 2 is 1.75 bits per heavy atom. The Balaban J connectivity index is 1.44. The van der Waals surface area contributed by atoms with Crippen LogP contribution in [0.4, 0.5) is 5.69 Å². The Kier molecular flexibility index (Phi) is 6.61. The number of hydrogen-bond acceptors (Lipinski definition) is 3. The summed E-state index contributed by atoms with van der Waals surface area (Å²) >= 11 is 0. The molecule has 32 heavy (non-hydrogen) atoms. The van der Waals surface area contributed by atoms with Crippen LogP contribution in [0, 0.1) is 20.8 Å². The summed E-state index contributed by atoms with van der Waals surface area (Å²) in [4.78, 5) is 13.0. The summed E-state index contributed by atoms with van der Waals surface area (Å²) in [5.74, 6) is -0.0874. The number of carbonyl (C=O) groups excluding carboxylic acids is 1. The first kappa shape index (κ1) is 22.1. The van der Waals surface area contributed by atoms with Crippen molar-refractivity contribution in [3.63, 3.8) is 0 Å². The number of benzene rings is 3. The van der Waals surface area contributed by atoms with E-state index in [1.165, 1.54) is 33.4 Å². The van der Waals surface area contributed by atoms with Crippen LogP contribution >= 0.6 is 0 Å². The molecule has 3 aromatic carbocycles. The summed E-state index contributed by atoms with van der Waals surface area (Å²) in [6.45, 7) is 7.11. The summed E-state index contributed by atoms with van der Waals surface area (Å²) in [6, 6.07) is 20.7. The molecule has 0 saturated heterocycles. The Morgan fingerprint density at radius 1 is 1.03 bits per heavy atom.